The molecule has 0 saturated carbocycles. The van der Waals surface area contributed by atoms with Gasteiger partial charge in [0.2, 0.25) is 0 Å². The number of nitrogens with zero attached hydrogens (tertiary/aromatic N) is 2. The van der Waals surface area contributed by atoms with Crippen LogP contribution in [0.2, 0.25) is 0 Å². The summed E-state index contributed by atoms with van der Waals surface area (Å²) in [6.07, 6.45) is 0. The molecule has 1 aliphatic rings. The summed E-state index contributed by atoms with van der Waals surface area (Å²) in [5.41, 5.74) is 3.71. The molecule has 0 aliphatic carbocycles. The fraction of sp³-hybridized carbons (Fsp3) is 0.250. The van der Waals surface area contributed by atoms with Crippen molar-refractivity contribution in [1.29, 1.82) is 0 Å². The number of nitrogens with one attached hydrogen (secondary N) is 1. The predicted molar refractivity (Wildman–Crippen MR) is 121 cm³/mol. The Labute approximate surface area is 180 Å². The fourth-order valence-electron chi connectivity index (χ4n) is 3.62. The van der Waals surface area contributed by atoms with Crippen LogP contribution in [0.5, 0.6) is 0 Å². The lowest BCUT2D eigenvalue weighted by molar-refractivity contribution is 0.0638. The topological polar surface area (TPSA) is 52.7 Å². The smallest absolute Gasteiger partial charge is 0.253 e. The van der Waals surface area contributed by atoms with E-state index >= 15 is 0 Å². The summed E-state index contributed by atoms with van der Waals surface area (Å²) in [6, 6.07) is 19.8. The van der Waals surface area contributed by atoms with Crippen LogP contribution in [0.25, 0.3) is 11.1 Å². The molecule has 1 aliphatic heterocycles. The van der Waals surface area contributed by atoms with Gasteiger partial charge in [-0.1, -0.05) is 42.5 Å². The minimum absolute atomic E-state index is 0.0241. The summed E-state index contributed by atoms with van der Waals surface area (Å²) in [5.74, 6) is 0.0593. The monoisotopic (exact) mass is 419 g/mol. The minimum Gasteiger partial charge on any atom is -0.351 e. The van der Waals surface area contributed by atoms with E-state index in [1.165, 1.54) is 11.3 Å². The van der Waals surface area contributed by atoms with Crippen molar-refractivity contribution in [2.75, 3.05) is 39.3 Å². The van der Waals surface area contributed by atoms with Crippen molar-refractivity contribution in [3.05, 3.63) is 82.6 Å². The van der Waals surface area contributed by atoms with E-state index in [9.17, 15) is 9.59 Å². The molecule has 1 saturated heterocycles. The van der Waals surface area contributed by atoms with Crippen LogP contribution in [0.4, 0.5) is 0 Å². The van der Waals surface area contributed by atoms with Gasteiger partial charge in [-0.15, -0.1) is 0 Å². The maximum Gasteiger partial charge on any atom is 0.253 e. The van der Waals surface area contributed by atoms with E-state index in [4.69, 9.17) is 0 Å². The maximum absolute atomic E-state index is 12.8. The molecule has 2 heterocycles. The summed E-state index contributed by atoms with van der Waals surface area (Å²) in [5, 5.41) is 6.71. The third kappa shape index (κ3) is 4.96. The highest BCUT2D eigenvalue weighted by molar-refractivity contribution is 7.08. The molecule has 6 heteroatoms. The second kappa shape index (κ2) is 9.69. The normalized spacial score (nSPS) is 14.5. The number of carbonyl (C=O) groups is 2. The first-order valence-electron chi connectivity index (χ1n) is 10.2. The molecular weight excluding hydrogens is 394 g/mol. The Balaban J connectivity index is 1.23. The van der Waals surface area contributed by atoms with Crippen molar-refractivity contribution >= 4 is 23.2 Å². The Morgan fingerprint density at radius 2 is 1.53 bits per heavy atom. The van der Waals surface area contributed by atoms with Gasteiger partial charge in [-0.05, 0) is 34.7 Å². The standard InChI is InChI=1S/C24H25N3O2S/c28-23(22-10-17-30-18-22)25-11-12-26-13-15-27(16-14-26)24(29)21-8-6-20(7-9-21)19-4-2-1-3-5-19/h1-10,17-18H,11-16H2,(H,25,28). The Bertz CT molecular complexity index is 963. The molecule has 1 fully saturated rings. The van der Waals surface area contributed by atoms with Crippen LogP contribution in [-0.4, -0.2) is 60.9 Å². The second-order valence-corrected chi connectivity index (χ2v) is 8.13. The molecule has 4 rings (SSSR count). The lowest BCUT2D eigenvalue weighted by atomic mass is 10.0. The van der Waals surface area contributed by atoms with E-state index in [2.05, 4.69) is 22.3 Å². The van der Waals surface area contributed by atoms with Crippen LogP contribution in [0, 0.1) is 0 Å². The van der Waals surface area contributed by atoms with E-state index in [0.717, 1.165) is 36.3 Å². The number of piperazine rings is 1. The molecule has 3 aromatic rings. The van der Waals surface area contributed by atoms with E-state index < -0.39 is 0 Å². The Hall–Kier alpha value is -2.96. The largest absolute Gasteiger partial charge is 0.351 e. The molecule has 0 spiro atoms. The van der Waals surface area contributed by atoms with Gasteiger partial charge in [-0.25, -0.2) is 0 Å². The van der Waals surface area contributed by atoms with Crippen molar-refractivity contribution in [2.24, 2.45) is 0 Å². The molecule has 0 atom stereocenters. The van der Waals surface area contributed by atoms with Gasteiger partial charge in [0.1, 0.15) is 0 Å². The van der Waals surface area contributed by atoms with Gasteiger partial charge in [-0.2, -0.15) is 11.3 Å². The van der Waals surface area contributed by atoms with Crippen LogP contribution in [0.3, 0.4) is 0 Å². The number of rotatable bonds is 6. The average molecular weight is 420 g/mol. The quantitative estimate of drug-likeness (QED) is 0.664. The van der Waals surface area contributed by atoms with E-state index in [1.807, 2.05) is 64.2 Å². The summed E-state index contributed by atoms with van der Waals surface area (Å²) >= 11 is 1.52. The number of amides is 2. The van der Waals surface area contributed by atoms with Crippen LogP contribution in [0.1, 0.15) is 20.7 Å². The molecule has 2 aromatic carbocycles. The SMILES string of the molecule is O=C(NCCN1CCN(C(=O)c2ccc(-c3ccccc3)cc2)CC1)c1ccsc1. The molecule has 0 unspecified atom stereocenters. The predicted octanol–water partition coefficient (Wildman–Crippen LogP) is 3.60. The third-order valence-electron chi connectivity index (χ3n) is 5.40. The molecule has 30 heavy (non-hydrogen) atoms. The highest BCUT2D eigenvalue weighted by Crippen LogP contribution is 2.20. The second-order valence-electron chi connectivity index (χ2n) is 7.35. The maximum atomic E-state index is 12.8. The zero-order valence-electron chi connectivity index (χ0n) is 16.8. The molecule has 154 valence electrons. The van der Waals surface area contributed by atoms with Gasteiger partial charge in [-0.3, -0.25) is 14.5 Å². The van der Waals surface area contributed by atoms with Crippen molar-refractivity contribution < 1.29 is 9.59 Å². The van der Waals surface area contributed by atoms with Crippen molar-refractivity contribution in [3.63, 3.8) is 0 Å². The molecule has 1 N–H and O–H groups in total. The Morgan fingerprint density at radius 1 is 0.833 bits per heavy atom. The van der Waals surface area contributed by atoms with Crippen molar-refractivity contribution in [3.8, 4) is 11.1 Å². The van der Waals surface area contributed by atoms with E-state index in [1.54, 1.807) is 0 Å². The van der Waals surface area contributed by atoms with Crippen molar-refractivity contribution in [2.45, 2.75) is 0 Å². The molecule has 1 aromatic heterocycles. The molecular formula is C24H25N3O2S. The van der Waals surface area contributed by atoms with Crippen LogP contribution in [-0.2, 0) is 0 Å². The molecule has 5 nitrogen and oxygen atoms in total. The van der Waals surface area contributed by atoms with Gasteiger partial charge >= 0.3 is 0 Å². The van der Waals surface area contributed by atoms with E-state index in [0.29, 0.717) is 25.2 Å². The van der Waals surface area contributed by atoms with Gasteiger partial charge in [0.25, 0.3) is 11.8 Å². The number of carbonyl (C=O) groups excluding carboxylic acids is 2. The van der Waals surface area contributed by atoms with Gasteiger partial charge < -0.3 is 10.2 Å². The summed E-state index contributed by atoms with van der Waals surface area (Å²) in [6.45, 7) is 4.47. The van der Waals surface area contributed by atoms with Crippen LogP contribution >= 0.6 is 11.3 Å². The van der Waals surface area contributed by atoms with Gasteiger partial charge in [0.05, 0.1) is 0 Å². The highest BCUT2D eigenvalue weighted by atomic mass is 32.1. The lowest BCUT2D eigenvalue weighted by Gasteiger charge is -2.34. The fourth-order valence-corrected chi connectivity index (χ4v) is 4.25. The van der Waals surface area contributed by atoms with Crippen molar-refractivity contribution in [1.82, 2.24) is 15.1 Å². The summed E-state index contributed by atoms with van der Waals surface area (Å²) in [4.78, 5) is 29.0. The Kier molecular flexibility index (Phi) is 6.57. The van der Waals surface area contributed by atoms with Gasteiger partial charge in [0.15, 0.2) is 0 Å². The summed E-state index contributed by atoms with van der Waals surface area (Å²) in [7, 11) is 0. The van der Waals surface area contributed by atoms with Gasteiger partial charge in [0, 0.05) is 55.8 Å². The lowest BCUT2D eigenvalue weighted by Crippen LogP contribution is -2.50. The van der Waals surface area contributed by atoms with Crippen LogP contribution in [0.15, 0.2) is 71.4 Å². The number of benzene rings is 2. The molecule has 0 radical (unpaired) electrons. The zero-order chi connectivity index (χ0) is 20.8. The first-order valence-corrected chi connectivity index (χ1v) is 11.1. The zero-order valence-corrected chi connectivity index (χ0v) is 17.6. The number of hydrogen-bond donors (Lipinski definition) is 1. The molecule has 2 amide bonds. The summed E-state index contributed by atoms with van der Waals surface area (Å²) < 4.78 is 0. The van der Waals surface area contributed by atoms with E-state index in [-0.39, 0.29) is 11.8 Å². The number of thiophene rings is 1. The first kappa shape index (κ1) is 20.3. The average Bonchev–Trinajstić information content (AvgIpc) is 3.35. The van der Waals surface area contributed by atoms with Crippen LogP contribution < -0.4 is 5.32 Å². The minimum atomic E-state index is -0.0241. The molecule has 0 bridgehead atoms. The highest BCUT2D eigenvalue weighted by Gasteiger charge is 2.22. The third-order valence-corrected chi connectivity index (χ3v) is 6.08. The number of hydrogen-bond acceptors (Lipinski definition) is 4. The first-order chi connectivity index (χ1) is 14.7. The Morgan fingerprint density at radius 3 is 2.20 bits per heavy atom.